The summed E-state index contributed by atoms with van der Waals surface area (Å²) < 4.78 is 0. The molecule has 0 N–H and O–H groups in total. The van der Waals surface area contributed by atoms with Crippen molar-refractivity contribution in [3.05, 3.63) is 289 Å². The molecule has 0 aliphatic carbocycles. The monoisotopic (exact) mass is 877 g/mol. The van der Waals surface area contributed by atoms with Crippen molar-refractivity contribution in [2.24, 2.45) is 0 Å². The van der Waals surface area contributed by atoms with Gasteiger partial charge in [0.15, 0.2) is 0 Å². The fourth-order valence-corrected chi connectivity index (χ4v) is 9.84. The molecule has 9 aromatic rings. The molecule has 0 saturated carbocycles. The topological polar surface area (TPSA) is 9.72 Å². The first-order chi connectivity index (χ1) is 33.1. The lowest BCUT2D eigenvalue weighted by molar-refractivity contribution is 0.632. The highest BCUT2D eigenvalue weighted by molar-refractivity contribution is 5.94. The van der Waals surface area contributed by atoms with Crippen LogP contribution < -0.4 is 14.7 Å². The standard InChI is InChI=1S/C65H55N3/c1-45-22-14-18-30-61(45)66(56-24-10-8-11-25-56)48(4)53-42-54(49(5)67(57-26-12-9-13-27-57)62-31-19-15-23-46(62)2)44-55(43-53)52-36-34-50(35-37-52)47(3)51-38-40-58(41-39-51)68-63-32-20-16-28-59(63)65(6,7)60-29-17-21-33-64(60)68/h8-44H,3-5H2,1-2,6-7H3. The summed E-state index contributed by atoms with van der Waals surface area (Å²) in [5.74, 6) is 0. The number of benzene rings is 9. The number of hydrogen-bond acceptors (Lipinski definition) is 3. The van der Waals surface area contributed by atoms with Gasteiger partial charge in [0.2, 0.25) is 0 Å². The lowest BCUT2D eigenvalue weighted by Crippen LogP contribution is -2.30. The summed E-state index contributed by atoms with van der Waals surface area (Å²) in [7, 11) is 0. The van der Waals surface area contributed by atoms with Crippen molar-refractivity contribution in [2.75, 3.05) is 14.7 Å². The normalized spacial score (nSPS) is 12.4. The molecule has 1 aliphatic rings. The molecule has 3 heteroatoms. The van der Waals surface area contributed by atoms with E-state index in [2.05, 4.69) is 273 Å². The maximum atomic E-state index is 4.83. The van der Waals surface area contributed by atoms with Crippen molar-refractivity contribution < 1.29 is 0 Å². The van der Waals surface area contributed by atoms with E-state index in [1.165, 1.54) is 22.5 Å². The second kappa shape index (κ2) is 18.1. The van der Waals surface area contributed by atoms with Crippen LogP contribution in [0.2, 0.25) is 0 Å². The average molecular weight is 878 g/mol. The molecule has 3 nitrogen and oxygen atoms in total. The molecule has 10 rings (SSSR count). The summed E-state index contributed by atoms with van der Waals surface area (Å²) in [5, 5.41) is 0. The van der Waals surface area contributed by atoms with E-state index in [4.69, 9.17) is 13.2 Å². The van der Waals surface area contributed by atoms with Crippen molar-refractivity contribution >= 4 is 56.8 Å². The zero-order valence-corrected chi connectivity index (χ0v) is 39.3. The van der Waals surface area contributed by atoms with Gasteiger partial charge in [0, 0.05) is 45.2 Å². The third kappa shape index (κ3) is 8.03. The third-order valence-corrected chi connectivity index (χ3v) is 13.6. The molecule has 1 aliphatic heterocycles. The maximum Gasteiger partial charge on any atom is 0.0502 e. The summed E-state index contributed by atoms with van der Waals surface area (Å²) >= 11 is 0. The summed E-state index contributed by atoms with van der Waals surface area (Å²) in [6.07, 6.45) is 0. The second-order valence-corrected chi connectivity index (χ2v) is 18.2. The first-order valence-corrected chi connectivity index (χ1v) is 23.3. The fraction of sp³-hybridized carbons (Fsp3) is 0.0769. The molecule has 0 bridgehead atoms. The molecular weight excluding hydrogens is 823 g/mol. The molecule has 0 radical (unpaired) electrons. The van der Waals surface area contributed by atoms with E-state index < -0.39 is 0 Å². The number of nitrogens with zero attached hydrogens (tertiary/aromatic N) is 3. The Bertz CT molecular complexity index is 3160. The summed E-state index contributed by atoms with van der Waals surface area (Å²) in [6.45, 7) is 23.2. The molecule has 0 aromatic heterocycles. The van der Waals surface area contributed by atoms with Crippen LogP contribution in [0.25, 0.3) is 28.1 Å². The van der Waals surface area contributed by atoms with E-state index in [9.17, 15) is 0 Å². The zero-order chi connectivity index (χ0) is 46.9. The maximum absolute atomic E-state index is 4.83. The molecule has 0 atom stereocenters. The van der Waals surface area contributed by atoms with Gasteiger partial charge in [-0.1, -0.05) is 179 Å². The minimum absolute atomic E-state index is 0.109. The highest BCUT2D eigenvalue weighted by Crippen LogP contribution is 2.52. The molecule has 0 unspecified atom stereocenters. The van der Waals surface area contributed by atoms with Crippen LogP contribution in [-0.4, -0.2) is 0 Å². The van der Waals surface area contributed by atoms with Gasteiger partial charge in [-0.25, -0.2) is 0 Å². The Labute approximate surface area is 402 Å². The fourth-order valence-electron chi connectivity index (χ4n) is 9.84. The van der Waals surface area contributed by atoms with Crippen LogP contribution in [0.1, 0.15) is 58.4 Å². The summed E-state index contributed by atoms with van der Waals surface area (Å²) in [6, 6.07) is 79.9. The zero-order valence-electron chi connectivity index (χ0n) is 39.3. The van der Waals surface area contributed by atoms with Gasteiger partial charge < -0.3 is 14.7 Å². The Morgan fingerprint density at radius 3 is 1.25 bits per heavy atom. The highest BCUT2D eigenvalue weighted by Gasteiger charge is 2.36. The van der Waals surface area contributed by atoms with E-state index in [1.807, 2.05) is 0 Å². The molecule has 330 valence electrons. The molecule has 9 aromatic carbocycles. The number of anilines is 7. The van der Waals surface area contributed by atoms with E-state index in [-0.39, 0.29) is 5.41 Å². The van der Waals surface area contributed by atoms with Crippen molar-refractivity contribution in [1.29, 1.82) is 0 Å². The minimum Gasteiger partial charge on any atom is -0.310 e. The summed E-state index contributed by atoms with van der Waals surface area (Å²) in [4.78, 5) is 6.92. The molecule has 0 spiro atoms. The number of aryl methyl sites for hydroxylation is 2. The van der Waals surface area contributed by atoms with Crippen LogP contribution in [0.4, 0.5) is 39.8 Å². The minimum atomic E-state index is -0.109. The molecule has 1 heterocycles. The van der Waals surface area contributed by atoms with Gasteiger partial charge in [-0.05, 0) is 154 Å². The Morgan fingerprint density at radius 2 is 0.794 bits per heavy atom. The quantitative estimate of drug-likeness (QED) is 0.121. The number of para-hydroxylation sites is 6. The number of rotatable bonds is 12. The van der Waals surface area contributed by atoms with E-state index >= 15 is 0 Å². The molecular formula is C65H55N3. The Hall–Kier alpha value is -8.40. The van der Waals surface area contributed by atoms with Crippen molar-refractivity contribution in [1.82, 2.24) is 0 Å². The molecule has 0 saturated heterocycles. The van der Waals surface area contributed by atoms with E-state index in [0.717, 1.165) is 89.9 Å². The number of hydrogen-bond donors (Lipinski definition) is 0. The largest absolute Gasteiger partial charge is 0.310 e. The van der Waals surface area contributed by atoms with Crippen molar-refractivity contribution in [3.8, 4) is 11.1 Å². The van der Waals surface area contributed by atoms with Gasteiger partial charge in [0.25, 0.3) is 0 Å². The lowest BCUT2D eigenvalue weighted by Gasteiger charge is -2.42. The SMILES string of the molecule is C=C(c1ccc(-c2cc(C(=C)N(c3ccccc3)c3ccccc3C)cc(C(=C)N(c3ccccc3)c3ccccc3C)c2)cc1)c1ccc(N2c3ccccc3C(C)(C)c3ccccc32)cc1. The van der Waals surface area contributed by atoms with Crippen LogP contribution >= 0.6 is 0 Å². The van der Waals surface area contributed by atoms with Gasteiger partial charge >= 0.3 is 0 Å². The van der Waals surface area contributed by atoms with Crippen molar-refractivity contribution in [3.63, 3.8) is 0 Å². The first-order valence-electron chi connectivity index (χ1n) is 23.3. The summed E-state index contributed by atoms with van der Waals surface area (Å²) in [5.41, 5.74) is 21.5. The van der Waals surface area contributed by atoms with Crippen LogP contribution in [-0.2, 0) is 5.41 Å². The van der Waals surface area contributed by atoms with Crippen LogP contribution in [0.3, 0.4) is 0 Å². The third-order valence-electron chi connectivity index (χ3n) is 13.6. The predicted molar refractivity (Wildman–Crippen MR) is 291 cm³/mol. The Kier molecular flexibility index (Phi) is 11.6. The van der Waals surface area contributed by atoms with Crippen LogP contribution in [0, 0.1) is 13.8 Å². The van der Waals surface area contributed by atoms with Gasteiger partial charge in [-0.3, -0.25) is 0 Å². The van der Waals surface area contributed by atoms with E-state index in [0.29, 0.717) is 0 Å². The average Bonchev–Trinajstić information content (AvgIpc) is 3.38. The number of fused-ring (bicyclic) bond motifs is 2. The van der Waals surface area contributed by atoms with E-state index in [1.54, 1.807) is 0 Å². The van der Waals surface area contributed by atoms with Gasteiger partial charge in [-0.2, -0.15) is 0 Å². The molecule has 0 fully saturated rings. The lowest BCUT2D eigenvalue weighted by atomic mass is 9.73. The van der Waals surface area contributed by atoms with Gasteiger partial charge in [0.1, 0.15) is 0 Å². The van der Waals surface area contributed by atoms with Crippen molar-refractivity contribution in [2.45, 2.75) is 33.1 Å². The van der Waals surface area contributed by atoms with Gasteiger partial charge in [0.05, 0.1) is 11.4 Å². The van der Waals surface area contributed by atoms with Gasteiger partial charge in [-0.15, -0.1) is 0 Å². The Morgan fingerprint density at radius 1 is 0.397 bits per heavy atom. The van der Waals surface area contributed by atoms with Crippen LogP contribution in [0.5, 0.6) is 0 Å². The first kappa shape index (κ1) is 43.5. The Balaban J connectivity index is 1.02. The highest BCUT2D eigenvalue weighted by atomic mass is 15.2. The van der Waals surface area contributed by atoms with Crippen LogP contribution in [0.15, 0.2) is 244 Å². The molecule has 68 heavy (non-hydrogen) atoms. The molecule has 0 amide bonds. The second-order valence-electron chi connectivity index (χ2n) is 18.2. The smallest absolute Gasteiger partial charge is 0.0502 e. The predicted octanol–water partition coefficient (Wildman–Crippen LogP) is 17.8.